The SMILES string of the molecule is CCC(C)(C)NCC(C)Oc1cccc(OC)c1. The van der Waals surface area contributed by atoms with Gasteiger partial charge in [-0.25, -0.2) is 0 Å². The monoisotopic (exact) mass is 251 g/mol. The minimum atomic E-state index is 0.128. The Labute approximate surface area is 110 Å². The van der Waals surface area contributed by atoms with Gasteiger partial charge in [-0.3, -0.25) is 0 Å². The Bertz CT molecular complexity index is 363. The Morgan fingerprint density at radius 2 is 1.94 bits per heavy atom. The van der Waals surface area contributed by atoms with Crippen LogP contribution >= 0.6 is 0 Å². The summed E-state index contributed by atoms with van der Waals surface area (Å²) in [6.07, 6.45) is 1.22. The molecule has 0 spiro atoms. The molecule has 1 aromatic carbocycles. The van der Waals surface area contributed by atoms with Crippen LogP contribution in [0.3, 0.4) is 0 Å². The van der Waals surface area contributed by atoms with Crippen LogP contribution < -0.4 is 14.8 Å². The van der Waals surface area contributed by atoms with E-state index in [4.69, 9.17) is 9.47 Å². The summed E-state index contributed by atoms with van der Waals surface area (Å²) in [5.41, 5.74) is 0.159. The maximum atomic E-state index is 5.85. The van der Waals surface area contributed by atoms with Crippen LogP contribution in [0.5, 0.6) is 11.5 Å². The summed E-state index contributed by atoms with van der Waals surface area (Å²) in [5, 5.41) is 3.50. The van der Waals surface area contributed by atoms with Crippen molar-refractivity contribution in [1.82, 2.24) is 5.32 Å². The molecule has 0 aliphatic carbocycles. The lowest BCUT2D eigenvalue weighted by Gasteiger charge is -2.27. The van der Waals surface area contributed by atoms with Gasteiger partial charge >= 0.3 is 0 Å². The quantitative estimate of drug-likeness (QED) is 0.807. The highest BCUT2D eigenvalue weighted by molar-refractivity contribution is 5.32. The third-order valence-corrected chi connectivity index (χ3v) is 3.13. The highest BCUT2D eigenvalue weighted by atomic mass is 16.5. The molecule has 0 aliphatic rings. The fraction of sp³-hybridized carbons (Fsp3) is 0.600. The van der Waals surface area contributed by atoms with Crippen LogP contribution in [0.1, 0.15) is 34.1 Å². The van der Waals surface area contributed by atoms with E-state index >= 15 is 0 Å². The molecular weight excluding hydrogens is 226 g/mol. The second kappa shape index (κ2) is 6.64. The molecular formula is C15H25NO2. The summed E-state index contributed by atoms with van der Waals surface area (Å²) in [5.74, 6) is 1.67. The topological polar surface area (TPSA) is 30.5 Å². The number of ether oxygens (including phenoxy) is 2. The Morgan fingerprint density at radius 1 is 1.28 bits per heavy atom. The van der Waals surface area contributed by atoms with E-state index in [1.807, 2.05) is 24.3 Å². The molecule has 1 atom stereocenters. The van der Waals surface area contributed by atoms with Crippen molar-refractivity contribution >= 4 is 0 Å². The Balaban J connectivity index is 2.46. The molecule has 102 valence electrons. The Morgan fingerprint density at radius 3 is 2.56 bits per heavy atom. The van der Waals surface area contributed by atoms with Gasteiger partial charge in [0, 0.05) is 18.2 Å². The fourth-order valence-electron chi connectivity index (χ4n) is 1.49. The van der Waals surface area contributed by atoms with E-state index < -0.39 is 0 Å². The first-order chi connectivity index (χ1) is 8.46. The highest BCUT2D eigenvalue weighted by Gasteiger charge is 2.15. The molecule has 18 heavy (non-hydrogen) atoms. The van der Waals surface area contributed by atoms with Crippen molar-refractivity contribution in [2.45, 2.75) is 45.8 Å². The minimum absolute atomic E-state index is 0.128. The average molecular weight is 251 g/mol. The number of hydrogen-bond acceptors (Lipinski definition) is 3. The molecule has 3 nitrogen and oxygen atoms in total. The van der Waals surface area contributed by atoms with Gasteiger partial charge in [-0.05, 0) is 39.3 Å². The first-order valence-corrected chi connectivity index (χ1v) is 6.52. The zero-order valence-electron chi connectivity index (χ0n) is 12.1. The van der Waals surface area contributed by atoms with Crippen molar-refractivity contribution in [3.05, 3.63) is 24.3 Å². The van der Waals surface area contributed by atoms with Crippen molar-refractivity contribution in [2.24, 2.45) is 0 Å². The number of hydrogen-bond donors (Lipinski definition) is 1. The van der Waals surface area contributed by atoms with Gasteiger partial charge < -0.3 is 14.8 Å². The van der Waals surface area contributed by atoms with Gasteiger partial charge in [0.25, 0.3) is 0 Å². The second-order valence-corrected chi connectivity index (χ2v) is 5.23. The third-order valence-electron chi connectivity index (χ3n) is 3.13. The Kier molecular flexibility index (Phi) is 5.48. The number of rotatable bonds is 7. The van der Waals surface area contributed by atoms with Crippen molar-refractivity contribution in [2.75, 3.05) is 13.7 Å². The molecule has 1 unspecified atom stereocenters. The molecule has 0 heterocycles. The van der Waals surface area contributed by atoms with Gasteiger partial charge in [-0.2, -0.15) is 0 Å². The van der Waals surface area contributed by atoms with Crippen LogP contribution in [0.2, 0.25) is 0 Å². The molecule has 1 aromatic rings. The van der Waals surface area contributed by atoms with E-state index in [9.17, 15) is 0 Å². The molecule has 0 saturated heterocycles. The lowest BCUT2D eigenvalue weighted by Crippen LogP contribution is -2.43. The average Bonchev–Trinajstić information content (AvgIpc) is 2.37. The lowest BCUT2D eigenvalue weighted by molar-refractivity contribution is 0.198. The first kappa shape index (κ1) is 14.8. The molecule has 1 N–H and O–H groups in total. The van der Waals surface area contributed by atoms with E-state index in [-0.39, 0.29) is 11.6 Å². The summed E-state index contributed by atoms with van der Waals surface area (Å²) >= 11 is 0. The predicted molar refractivity (Wildman–Crippen MR) is 75.5 cm³/mol. The molecule has 0 radical (unpaired) electrons. The molecule has 3 heteroatoms. The second-order valence-electron chi connectivity index (χ2n) is 5.23. The minimum Gasteiger partial charge on any atom is -0.497 e. The molecule has 1 rings (SSSR count). The van der Waals surface area contributed by atoms with Gasteiger partial charge in [-0.1, -0.05) is 13.0 Å². The Hall–Kier alpha value is -1.22. The third kappa shape index (κ3) is 4.96. The van der Waals surface area contributed by atoms with Gasteiger partial charge in [0.2, 0.25) is 0 Å². The van der Waals surface area contributed by atoms with Crippen LogP contribution in [-0.4, -0.2) is 25.3 Å². The summed E-state index contributed by atoms with van der Waals surface area (Å²) in [6, 6.07) is 7.70. The molecule has 0 bridgehead atoms. The van der Waals surface area contributed by atoms with Gasteiger partial charge in [-0.15, -0.1) is 0 Å². The van der Waals surface area contributed by atoms with Crippen molar-refractivity contribution in [1.29, 1.82) is 0 Å². The molecule has 0 aromatic heterocycles. The van der Waals surface area contributed by atoms with Gasteiger partial charge in [0.05, 0.1) is 7.11 Å². The van der Waals surface area contributed by atoms with E-state index in [0.29, 0.717) is 0 Å². The molecule has 0 amide bonds. The van der Waals surface area contributed by atoms with Gasteiger partial charge in [0.1, 0.15) is 17.6 Å². The lowest BCUT2D eigenvalue weighted by atomic mass is 10.0. The number of nitrogens with one attached hydrogen (secondary N) is 1. The molecule has 0 aliphatic heterocycles. The predicted octanol–water partition coefficient (Wildman–Crippen LogP) is 3.24. The van der Waals surface area contributed by atoms with Crippen LogP contribution in [-0.2, 0) is 0 Å². The van der Waals surface area contributed by atoms with Gasteiger partial charge in [0.15, 0.2) is 0 Å². The zero-order chi connectivity index (χ0) is 13.6. The maximum absolute atomic E-state index is 5.85. The zero-order valence-corrected chi connectivity index (χ0v) is 12.1. The summed E-state index contributed by atoms with van der Waals surface area (Å²) < 4.78 is 11.0. The van der Waals surface area contributed by atoms with E-state index in [2.05, 4.69) is 33.0 Å². The normalized spacial score (nSPS) is 13.2. The van der Waals surface area contributed by atoms with Crippen molar-refractivity contribution in [3.8, 4) is 11.5 Å². The smallest absolute Gasteiger partial charge is 0.123 e. The van der Waals surface area contributed by atoms with E-state index in [0.717, 1.165) is 24.5 Å². The molecule has 0 saturated carbocycles. The van der Waals surface area contributed by atoms with E-state index in [1.165, 1.54) is 0 Å². The van der Waals surface area contributed by atoms with Crippen LogP contribution in [0.4, 0.5) is 0 Å². The van der Waals surface area contributed by atoms with Crippen LogP contribution in [0, 0.1) is 0 Å². The van der Waals surface area contributed by atoms with Crippen molar-refractivity contribution < 1.29 is 9.47 Å². The highest BCUT2D eigenvalue weighted by Crippen LogP contribution is 2.20. The largest absolute Gasteiger partial charge is 0.497 e. The number of methoxy groups -OCH3 is 1. The van der Waals surface area contributed by atoms with E-state index in [1.54, 1.807) is 7.11 Å². The standard InChI is InChI=1S/C15H25NO2/c1-6-15(3,4)16-11-12(2)18-14-9-7-8-13(10-14)17-5/h7-10,12,16H,6,11H2,1-5H3. The maximum Gasteiger partial charge on any atom is 0.123 e. The van der Waals surface area contributed by atoms with Crippen molar-refractivity contribution in [3.63, 3.8) is 0 Å². The first-order valence-electron chi connectivity index (χ1n) is 6.52. The summed E-state index contributed by atoms with van der Waals surface area (Å²) in [6.45, 7) is 9.48. The summed E-state index contributed by atoms with van der Waals surface area (Å²) in [7, 11) is 1.66. The molecule has 0 fully saturated rings. The van der Waals surface area contributed by atoms with Crippen LogP contribution in [0.25, 0.3) is 0 Å². The fourth-order valence-corrected chi connectivity index (χ4v) is 1.49. The van der Waals surface area contributed by atoms with Crippen LogP contribution in [0.15, 0.2) is 24.3 Å². The summed E-state index contributed by atoms with van der Waals surface area (Å²) in [4.78, 5) is 0. The number of benzene rings is 1.